The molecular weight excluding hydrogens is 458 g/mol. The fraction of sp³-hybridized carbons (Fsp3) is 0.250. The number of carboxylic acids is 1. The molecule has 6 N–H and O–H groups in total. The van der Waals surface area contributed by atoms with Gasteiger partial charge in [0, 0.05) is 19.0 Å². The summed E-state index contributed by atoms with van der Waals surface area (Å²) in [6, 6.07) is 24.4. The molecule has 1 amide bonds. The van der Waals surface area contributed by atoms with E-state index in [9.17, 15) is 19.5 Å². The lowest BCUT2D eigenvalue weighted by molar-refractivity contribution is -0.156. The summed E-state index contributed by atoms with van der Waals surface area (Å²) in [4.78, 5) is 33.9. The van der Waals surface area contributed by atoms with Crippen LogP contribution in [0.4, 0.5) is 5.69 Å². The molecule has 0 aromatic heterocycles. The SMILES string of the molecule is CC(=O)Nc1c(-c2ccccc2)cccc1C(C)C(=O)O.C[C@@](CN)(OC(=O)CN)c1ccccc1. The van der Waals surface area contributed by atoms with Gasteiger partial charge in [-0.25, -0.2) is 0 Å². The molecule has 36 heavy (non-hydrogen) atoms. The van der Waals surface area contributed by atoms with Gasteiger partial charge >= 0.3 is 11.9 Å². The first-order valence-electron chi connectivity index (χ1n) is 11.5. The van der Waals surface area contributed by atoms with Gasteiger partial charge in [0.1, 0.15) is 5.60 Å². The summed E-state index contributed by atoms with van der Waals surface area (Å²) >= 11 is 0. The Morgan fingerprint density at radius 3 is 2.03 bits per heavy atom. The van der Waals surface area contributed by atoms with E-state index in [1.807, 2.05) is 72.8 Å². The third kappa shape index (κ3) is 7.49. The maximum atomic E-state index is 11.5. The number of carbonyl (C=O) groups excluding carboxylic acids is 2. The first-order chi connectivity index (χ1) is 17.1. The molecule has 3 rings (SSSR count). The molecule has 0 heterocycles. The van der Waals surface area contributed by atoms with Crippen molar-refractivity contribution >= 4 is 23.5 Å². The van der Waals surface area contributed by atoms with Crippen LogP contribution in [0.5, 0.6) is 0 Å². The predicted molar refractivity (Wildman–Crippen MR) is 140 cm³/mol. The Morgan fingerprint density at radius 2 is 1.53 bits per heavy atom. The number of aliphatic carboxylic acids is 1. The zero-order chi connectivity index (χ0) is 26.7. The number of esters is 1. The van der Waals surface area contributed by atoms with E-state index in [0.29, 0.717) is 11.3 Å². The molecule has 0 aliphatic heterocycles. The molecule has 0 saturated carbocycles. The second-order valence-corrected chi connectivity index (χ2v) is 8.36. The Hall–Kier alpha value is -4.01. The molecule has 3 aromatic rings. The smallest absolute Gasteiger partial charge is 0.320 e. The molecule has 2 atom stereocenters. The van der Waals surface area contributed by atoms with Crippen molar-refractivity contribution in [1.29, 1.82) is 0 Å². The Bertz CT molecular complexity index is 1170. The summed E-state index contributed by atoms with van der Waals surface area (Å²) < 4.78 is 5.23. The number of anilines is 1. The molecule has 0 bridgehead atoms. The van der Waals surface area contributed by atoms with Crippen LogP contribution in [0.25, 0.3) is 11.1 Å². The van der Waals surface area contributed by atoms with Crippen LogP contribution < -0.4 is 16.8 Å². The topological polar surface area (TPSA) is 145 Å². The summed E-state index contributed by atoms with van der Waals surface area (Å²) in [5.74, 6) is -2.30. The number of hydrogen-bond donors (Lipinski definition) is 4. The quantitative estimate of drug-likeness (QED) is 0.350. The molecule has 3 aromatic carbocycles. The van der Waals surface area contributed by atoms with Crippen LogP contribution in [-0.2, 0) is 24.7 Å². The third-order valence-corrected chi connectivity index (χ3v) is 5.60. The Balaban J connectivity index is 0.000000269. The summed E-state index contributed by atoms with van der Waals surface area (Å²) in [5, 5.41) is 12.0. The van der Waals surface area contributed by atoms with Crippen molar-refractivity contribution in [2.24, 2.45) is 11.5 Å². The van der Waals surface area contributed by atoms with E-state index < -0.39 is 23.5 Å². The van der Waals surface area contributed by atoms with E-state index in [0.717, 1.165) is 16.7 Å². The molecule has 0 fully saturated rings. The lowest BCUT2D eigenvalue weighted by atomic mass is 9.93. The first-order valence-corrected chi connectivity index (χ1v) is 11.5. The van der Waals surface area contributed by atoms with Crippen LogP contribution in [0.1, 0.15) is 37.8 Å². The molecule has 0 saturated heterocycles. The zero-order valence-electron chi connectivity index (χ0n) is 20.7. The monoisotopic (exact) mass is 491 g/mol. The van der Waals surface area contributed by atoms with Crippen molar-refractivity contribution < 1.29 is 24.2 Å². The molecular formula is C28H33N3O5. The minimum atomic E-state index is -0.924. The summed E-state index contributed by atoms with van der Waals surface area (Å²) in [5.41, 5.74) is 13.8. The van der Waals surface area contributed by atoms with E-state index in [2.05, 4.69) is 5.32 Å². The molecule has 0 aliphatic carbocycles. The number of ether oxygens (including phenoxy) is 1. The zero-order valence-corrected chi connectivity index (χ0v) is 20.7. The van der Waals surface area contributed by atoms with Crippen molar-refractivity contribution in [1.82, 2.24) is 0 Å². The van der Waals surface area contributed by atoms with Gasteiger partial charge in [-0.05, 0) is 30.5 Å². The largest absolute Gasteiger partial charge is 0.481 e. The van der Waals surface area contributed by atoms with Crippen LogP contribution in [0.3, 0.4) is 0 Å². The van der Waals surface area contributed by atoms with Gasteiger partial charge in [-0.2, -0.15) is 0 Å². The normalized spacial score (nSPS) is 12.8. The van der Waals surface area contributed by atoms with Crippen molar-refractivity contribution in [2.75, 3.05) is 18.4 Å². The average Bonchev–Trinajstić information content (AvgIpc) is 2.89. The predicted octanol–water partition coefficient (Wildman–Crippen LogP) is 3.86. The van der Waals surface area contributed by atoms with Crippen molar-refractivity contribution in [2.45, 2.75) is 32.3 Å². The fourth-order valence-electron chi connectivity index (χ4n) is 3.54. The van der Waals surface area contributed by atoms with Crippen LogP contribution in [0.15, 0.2) is 78.9 Å². The number of amides is 1. The van der Waals surface area contributed by atoms with Gasteiger partial charge < -0.3 is 26.6 Å². The van der Waals surface area contributed by atoms with Crippen molar-refractivity contribution in [3.63, 3.8) is 0 Å². The van der Waals surface area contributed by atoms with Crippen LogP contribution in [0, 0.1) is 0 Å². The number of rotatable bonds is 8. The van der Waals surface area contributed by atoms with Gasteiger partial charge in [0.25, 0.3) is 0 Å². The number of para-hydroxylation sites is 1. The van der Waals surface area contributed by atoms with Gasteiger partial charge in [-0.1, -0.05) is 78.9 Å². The third-order valence-electron chi connectivity index (χ3n) is 5.60. The van der Waals surface area contributed by atoms with Crippen LogP contribution in [0.2, 0.25) is 0 Å². The molecule has 190 valence electrons. The number of carboxylic acid groups (broad SMARTS) is 1. The number of nitrogens with two attached hydrogens (primary N) is 2. The van der Waals surface area contributed by atoms with E-state index in [-0.39, 0.29) is 19.0 Å². The number of hydrogen-bond acceptors (Lipinski definition) is 6. The van der Waals surface area contributed by atoms with Crippen LogP contribution in [-0.4, -0.2) is 36.0 Å². The lowest BCUT2D eigenvalue weighted by Gasteiger charge is -2.28. The van der Waals surface area contributed by atoms with Gasteiger partial charge in [0.2, 0.25) is 5.91 Å². The molecule has 0 aliphatic rings. The number of benzene rings is 3. The maximum Gasteiger partial charge on any atom is 0.320 e. The van der Waals surface area contributed by atoms with E-state index >= 15 is 0 Å². The van der Waals surface area contributed by atoms with Gasteiger partial charge in [-0.3, -0.25) is 14.4 Å². The summed E-state index contributed by atoms with van der Waals surface area (Å²) in [6.45, 7) is 4.88. The van der Waals surface area contributed by atoms with E-state index in [1.165, 1.54) is 6.92 Å². The second-order valence-electron chi connectivity index (χ2n) is 8.36. The van der Waals surface area contributed by atoms with E-state index in [1.54, 1.807) is 19.9 Å². The fourth-order valence-corrected chi connectivity index (χ4v) is 3.54. The average molecular weight is 492 g/mol. The van der Waals surface area contributed by atoms with Gasteiger partial charge in [0.15, 0.2) is 0 Å². The van der Waals surface area contributed by atoms with Crippen molar-refractivity contribution in [3.05, 3.63) is 90.0 Å². The summed E-state index contributed by atoms with van der Waals surface area (Å²) in [7, 11) is 0. The van der Waals surface area contributed by atoms with Gasteiger partial charge in [-0.15, -0.1) is 0 Å². The second kappa shape index (κ2) is 13.2. The number of carbonyl (C=O) groups is 3. The molecule has 0 radical (unpaired) electrons. The number of nitrogens with one attached hydrogen (secondary N) is 1. The molecule has 8 nitrogen and oxygen atoms in total. The molecule has 8 heteroatoms. The first kappa shape index (κ1) is 28.2. The Labute approximate surface area is 211 Å². The van der Waals surface area contributed by atoms with E-state index in [4.69, 9.17) is 16.2 Å². The minimum absolute atomic E-state index is 0.136. The highest BCUT2D eigenvalue weighted by Gasteiger charge is 2.28. The maximum absolute atomic E-state index is 11.5. The Morgan fingerprint density at radius 1 is 0.944 bits per heavy atom. The highest BCUT2D eigenvalue weighted by atomic mass is 16.6. The lowest BCUT2D eigenvalue weighted by Crippen LogP contribution is -2.38. The highest BCUT2D eigenvalue weighted by molar-refractivity contribution is 5.97. The van der Waals surface area contributed by atoms with Crippen molar-refractivity contribution in [3.8, 4) is 11.1 Å². The minimum Gasteiger partial charge on any atom is -0.481 e. The molecule has 1 unspecified atom stereocenters. The Kier molecular flexibility index (Phi) is 10.3. The standard InChI is InChI=1S/C17H17NO3.C11H16N2O2/c1-11(17(20)21)14-9-6-10-15(16(14)18-12(2)19)13-7-4-3-5-8-13;1-11(8-13,15-10(14)7-12)9-5-3-2-4-6-9/h3-11H,1-2H3,(H,18,19)(H,20,21);2-6H,7-8,12-13H2,1H3/t;11-/m.0/s1. The summed E-state index contributed by atoms with van der Waals surface area (Å²) in [6.07, 6.45) is 0. The highest BCUT2D eigenvalue weighted by Crippen LogP contribution is 2.35. The van der Waals surface area contributed by atoms with Gasteiger partial charge in [0.05, 0.1) is 18.2 Å². The molecule has 0 spiro atoms. The van der Waals surface area contributed by atoms with Crippen LogP contribution >= 0.6 is 0 Å².